The van der Waals surface area contributed by atoms with E-state index in [4.69, 9.17) is 0 Å². The van der Waals surface area contributed by atoms with Gasteiger partial charge in [0, 0.05) is 12.8 Å². The third-order valence-corrected chi connectivity index (χ3v) is 4.35. The molecule has 0 saturated carbocycles. The quantitative estimate of drug-likeness (QED) is 0.694. The lowest BCUT2D eigenvalue weighted by Crippen LogP contribution is -2.32. The fourth-order valence-corrected chi connectivity index (χ4v) is 3.20. The summed E-state index contributed by atoms with van der Waals surface area (Å²) in [7, 11) is 3.33. The van der Waals surface area contributed by atoms with E-state index in [-0.39, 0.29) is 4.65 Å². The number of hydroxylamine groups is 3. The van der Waals surface area contributed by atoms with E-state index in [0.29, 0.717) is 19.4 Å². The van der Waals surface area contributed by atoms with Gasteiger partial charge in [0.25, 0.3) is 0 Å². The molecule has 0 saturated heterocycles. The van der Waals surface area contributed by atoms with Gasteiger partial charge in [-0.1, -0.05) is 54.6 Å². The summed E-state index contributed by atoms with van der Waals surface area (Å²) in [4.78, 5) is 0. The van der Waals surface area contributed by atoms with Crippen molar-refractivity contribution in [3.63, 3.8) is 0 Å². The van der Waals surface area contributed by atoms with Crippen LogP contribution in [0.15, 0.2) is 54.6 Å². The van der Waals surface area contributed by atoms with Gasteiger partial charge in [0.2, 0.25) is 0 Å². The van der Waals surface area contributed by atoms with Crippen LogP contribution in [-0.2, 0) is 6.42 Å². The van der Waals surface area contributed by atoms with Crippen LogP contribution >= 0.6 is 0 Å². The summed E-state index contributed by atoms with van der Waals surface area (Å²) in [6, 6.07) is 16.2. The summed E-state index contributed by atoms with van der Waals surface area (Å²) in [5.74, 6) is 0. The third-order valence-electron chi connectivity index (χ3n) is 4.35. The van der Waals surface area contributed by atoms with Crippen LogP contribution in [0.3, 0.4) is 0 Å². The second-order valence-corrected chi connectivity index (χ2v) is 6.67. The summed E-state index contributed by atoms with van der Waals surface area (Å²) >= 11 is 0. The maximum atomic E-state index is 11.8. The third kappa shape index (κ3) is 3.53. The Labute approximate surface area is 137 Å². The molecule has 0 bridgehead atoms. The van der Waals surface area contributed by atoms with E-state index in [9.17, 15) is 10.3 Å². The molecule has 120 valence electrons. The maximum Gasteiger partial charge on any atom is 0.0836 e. The van der Waals surface area contributed by atoms with E-state index in [1.165, 1.54) is 0 Å². The van der Waals surface area contributed by atoms with Gasteiger partial charge in [-0.3, -0.25) is 0 Å². The van der Waals surface area contributed by atoms with Crippen LogP contribution in [0.4, 0.5) is 0 Å². The first-order chi connectivity index (χ1) is 11.0. The van der Waals surface area contributed by atoms with Crippen LogP contribution in [0.1, 0.15) is 34.8 Å². The molecule has 2 aromatic rings. The highest BCUT2D eigenvalue weighted by Crippen LogP contribution is 2.37. The molecule has 23 heavy (non-hydrogen) atoms. The minimum Gasteiger partial charge on any atom is -0.633 e. The summed E-state index contributed by atoms with van der Waals surface area (Å²) in [5, 5.41) is 22.4. The molecule has 1 unspecified atom stereocenters. The summed E-state index contributed by atoms with van der Waals surface area (Å²) in [5.41, 5.74) is 5.47. The SMILES string of the molecule is C[N+](C)([O-])CC/C=C1\c2ccccc2CC(O)c2ccccc21. The van der Waals surface area contributed by atoms with E-state index < -0.39 is 6.10 Å². The lowest BCUT2D eigenvalue weighted by molar-refractivity contribution is -0.839. The minimum absolute atomic E-state index is 0.296. The Morgan fingerprint density at radius 2 is 1.74 bits per heavy atom. The minimum atomic E-state index is -0.495. The van der Waals surface area contributed by atoms with Crippen LogP contribution < -0.4 is 0 Å². The fraction of sp³-hybridized carbons (Fsp3) is 0.300. The zero-order chi connectivity index (χ0) is 16.4. The van der Waals surface area contributed by atoms with Crippen molar-refractivity contribution in [1.29, 1.82) is 0 Å². The van der Waals surface area contributed by atoms with Crippen molar-refractivity contribution in [2.75, 3.05) is 20.6 Å². The largest absolute Gasteiger partial charge is 0.633 e. The summed E-state index contributed by atoms with van der Waals surface area (Å²) < 4.78 is -0.296. The summed E-state index contributed by atoms with van der Waals surface area (Å²) in [6.45, 7) is 0.538. The molecular formula is C20H23NO2. The van der Waals surface area contributed by atoms with Crippen LogP contribution in [0.2, 0.25) is 0 Å². The van der Waals surface area contributed by atoms with Crippen molar-refractivity contribution in [3.05, 3.63) is 82.1 Å². The molecule has 3 nitrogen and oxygen atoms in total. The predicted molar refractivity (Wildman–Crippen MR) is 93.6 cm³/mol. The van der Waals surface area contributed by atoms with E-state index in [2.05, 4.69) is 24.3 Å². The van der Waals surface area contributed by atoms with Crippen molar-refractivity contribution in [1.82, 2.24) is 0 Å². The molecule has 0 amide bonds. The van der Waals surface area contributed by atoms with Gasteiger partial charge in [-0.25, -0.2) is 0 Å². The standard InChI is InChI=1S/C20H23NO2/c1-21(2,23)13-7-12-17-16-9-4-3-8-15(16)14-20(22)19-11-6-5-10-18(17)19/h3-6,8-12,20,22H,7,13-14H2,1-2H3/b17-12+. The number of fused-ring (bicyclic) bond motifs is 2. The fourth-order valence-electron chi connectivity index (χ4n) is 3.20. The Bertz CT molecular complexity index is 728. The molecule has 0 aromatic heterocycles. The molecule has 1 aliphatic carbocycles. The van der Waals surface area contributed by atoms with Gasteiger partial charge in [0.15, 0.2) is 0 Å². The van der Waals surface area contributed by atoms with E-state index in [1.807, 2.05) is 30.3 Å². The Hall–Kier alpha value is -1.94. The first-order valence-corrected chi connectivity index (χ1v) is 8.05. The lowest BCUT2D eigenvalue weighted by Gasteiger charge is -2.33. The Morgan fingerprint density at radius 1 is 1.09 bits per heavy atom. The lowest BCUT2D eigenvalue weighted by atomic mass is 9.93. The van der Waals surface area contributed by atoms with Crippen LogP contribution in [0.25, 0.3) is 5.57 Å². The van der Waals surface area contributed by atoms with Gasteiger partial charge < -0.3 is 15.0 Å². The van der Waals surface area contributed by atoms with Gasteiger partial charge in [-0.2, -0.15) is 0 Å². The average molecular weight is 309 g/mol. The number of hydrogen-bond donors (Lipinski definition) is 1. The molecule has 3 rings (SSSR count). The number of benzene rings is 2. The maximum absolute atomic E-state index is 11.8. The molecule has 0 aliphatic heterocycles. The zero-order valence-corrected chi connectivity index (χ0v) is 13.7. The Balaban J connectivity index is 2.09. The smallest absolute Gasteiger partial charge is 0.0836 e. The number of nitrogens with zero attached hydrogens (tertiary/aromatic N) is 1. The molecule has 0 radical (unpaired) electrons. The van der Waals surface area contributed by atoms with Crippen LogP contribution in [-0.4, -0.2) is 30.4 Å². The molecule has 2 aromatic carbocycles. The van der Waals surface area contributed by atoms with Gasteiger partial charge in [0.05, 0.1) is 26.7 Å². The van der Waals surface area contributed by atoms with Gasteiger partial charge in [-0.15, -0.1) is 0 Å². The Kier molecular flexibility index (Phi) is 4.35. The van der Waals surface area contributed by atoms with Crippen molar-refractivity contribution in [2.24, 2.45) is 0 Å². The van der Waals surface area contributed by atoms with E-state index >= 15 is 0 Å². The normalized spacial score (nSPS) is 19.1. The highest BCUT2D eigenvalue weighted by Gasteiger charge is 2.23. The molecule has 0 spiro atoms. The average Bonchev–Trinajstić information content (AvgIpc) is 2.62. The second-order valence-electron chi connectivity index (χ2n) is 6.67. The molecule has 0 heterocycles. The van der Waals surface area contributed by atoms with E-state index in [0.717, 1.165) is 27.8 Å². The number of aliphatic hydroxyl groups is 1. The number of aliphatic hydroxyl groups excluding tert-OH is 1. The van der Waals surface area contributed by atoms with Gasteiger partial charge in [-0.05, 0) is 27.8 Å². The van der Waals surface area contributed by atoms with Gasteiger partial charge in [0.1, 0.15) is 0 Å². The topological polar surface area (TPSA) is 43.3 Å². The molecule has 1 atom stereocenters. The number of hydrogen-bond acceptors (Lipinski definition) is 2. The first-order valence-electron chi connectivity index (χ1n) is 8.05. The van der Waals surface area contributed by atoms with E-state index in [1.54, 1.807) is 14.1 Å². The van der Waals surface area contributed by atoms with Crippen LogP contribution in [0, 0.1) is 5.21 Å². The van der Waals surface area contributed by atoms with Gasteiger partial charge >= 0.3 is 0 Å². The molecule has 0 fully saturated rings. The Morgan fingerprint density at radius 3 is 2.48 bits per heavy atom. The first kappa shape index (κ1) is 15.9. The number of rotatable bonds is 3. The van der Waals surface area contributed by atoms with Crippen molar-refractivity contribution >= 4 is 5.57 Å². The highest BCUT2D eigenvalue weighted by molar-refractivity contribution is 5.84. The molecule has 1 aliphatic rings. The molecule has 3 heteroatoms. The zero-order valence-electron chi connectivity index (χ0n) is 13.7. The second kappa shape index (κ2) is 6.28. The van der Waals surface area contributed by atoms with Crippen molar-refractivity contribution < 1.29 is 9.75 Å². The molecule has 1 N–H and O–H groups in total. The summed E-state index contributed by atoms with van der Waals surface area (Å²) in [6.07, 6.45) is 2.98. The van der Waals surface area contributed by atoms with Crippen LogP contribution in [0.5, 0.6) is 0 Å². The molecular weight excluding hydrogens is 286 g/mol. The predicted octanol–water partition coefficient (Wildman–Crippen LogP) is 3.67. The number of quaternary nitrogens is 1. The van der Waals surface area contributed by atoms with Crippen molar-refractivity contribution in [3.8, 4) is 0 Å². The van der Waals surface area contributed by atoms with Crippen molar-refractivity contribution in [2.45, 2.75) is 18.9 Å². The monoisotopic (exact) mass is 309 g/mol. The highest BCUT2D eigenvalue weighted by atomic mass is 16.5.